The molecular formula is C14H17NO5. The van der Waals surface area contributed by atoms with Crippen molar-refractivity contribution in [3.63, 3.8) is 0 Å². The molecule has 0 heterocycles. The molecule has 0 saturated heterocycles. The van der Waals surface area contributed by atoms with E-state index in [1.165, 1.54) is 12.1 Å². The van der Waals surface area contributed by atoms with E-state index in [9.17, 15) is 14.4 Å². The molecule has 0 spiro atoms. The average Bonchev–Trinajstić information content (AvgIpc) is 2.35. The van der Waals surface area contributed by atoms with Crippen molar-refractivity contribution in [2.75, 3.05) is 5.32 Å². The Labute approximate surface area is 116 Å². The second-order valence-corrected chi connectivity index (χ2v) is 4.89. The van der Waals surface area contributed by atoms with Crippen molar-refractivity contribution in [3.8, 4) is 0 Å². The minimum absolute atomic E-state index is 0.177. The van der Waals surface area contributed by atoms with Gasteiger partial charge in [-0.15, -0.1) is 0 Å². The third kappa shape index (κ3) is 4.72. The van der Waals surface area contributed by atoms with Gasteiger partial charge in [0.2, 0.25) is 5.91 Å². The van der Waals surface area contributed by atoms with Crippen molar-refractivity contribution in [1.29, 1.82) is 0 Å². The van der Waals surface area contributed by atoms with Crippen molar-refractivity contribution in [2.45, 2.75) is 26.7 Å². The summed E-state index contributed by atoms with van der Waals surface area (Å²) in [7, 11) is 0. The van der Waals surface area contributed by atoms with E-state index in [2.05, 4.69) is 5.32 Å². The molecule has 108 valence electrons. The monoisotopic (exact) mass is 279 g/mol. The number of carbonyl (C=O) groups excluding carboxylic acids is 1. The van der Waals surface area contributed by atoms with E-state index in [1.54, 1.807) is 0 Å². The summed E-state index contributed by atoms with van der Waals surface area (Å²) in [6, 6.07) is 3.53. The first-order chi connectivity index (χ1) is 9.29. The van der Waals surface area contributed by atoms with E-state index < -0.39 is 11.9 Å². The van der Waals surface area contributed by atoms with Crippen LogP contribution in [0.2, 0.25) is 0 Å². The molecule has 1 rings (SSSR count). The van der Waals surface area contributed by atoms with E-state index in [-0.39, 0.29) is 22.7 Å². The van der Waals surface area contributed by atoms with Gasteiger partial charge in [0.1, 0.15) is 0 Å². The number of carboxylic acids is 2. The molecule has 1 aromatic rings. The molecule has 0 aromatic heterocycles. The Balaban J connectivity index is 2.91. The van der Waals surface area contributed by atoms with Gasteiger partial charge in [-0.1, -0.05) is 13.8 Å². The van der Waals surface area contributed by atoms with Gasteiger partial charge in [0.25, 0.3) is 0 Å². The number of hydrogen-bond acceptors (Lipinski definition) is 3. The number of nitrogens with one attached hydrogen (secondary N) is 1. The van der Waals surface area contributed by atoms with Crippen LogP contribution in [0.15, 0.2) is 18.2 Å². The van der Waals surface area contributed by atoms with Gasteiger partial charge >= 0.3 is 11.9 Å². The first-order valence-electron chi connectivity index (χ1n) is 6.21. The number of benzene rings is 1. The molecule has 0 aliphatic carbocycles. The van der Waals surface area contributed by atoms with Crippen molar-refractivity contribution in [3.05, 3.63) is 29.3 Å². The van der Waals surface area contributed by atoms with Crippen LogP contribution < -0.4 is 5.32 Å². The Morgan fingerprint density at radius 2 is 1.55 bits per heavy atom. The molecule has 20 heavy (non-hydrogen) atoms. The minimum atomic E-state index is -1.24. The van der Waals surface area contributed by atoms with Crippen LogP contribution in [0.25, 0.3) is 0 Å². The van der Waals surface area contributed by atoms with Crippen LogP contribution in [0.4, 0.5) is 5.69 Å². The number of hydrogen-bond donors (Lipinski definition) is 3. The highest BCUT2D eigenvalue weighted by atomic mass is 16.4. The van der Waals surface area contributed by atoms with E-state index >= 15 is 0 Å². The number of carboxylic acid groups (broad SMARTS) is 2. The summed E-state index contributed by atoms with van der Waals surface area (Å²) >= 11 is 0. The Bertz CT molecular complexity index is 504. The number of anilines is 1. The summed E-state index contributed by atoms with van der Waals surface area (Å²) in [6.07, 6.45) is 1.01. The molecule has 0 fully saturated rings. The zero-order chi connectivity index (χ0) is 15.3. The quantitative estimate of drug-likeness (QED) is 0.742. The van der Waals surface area contributed by atoms with Crippen LogP contribution in [0.5, 0.6) is 0 Å². The highest BCUT2D eigenvalue weighted by molar-refractivity contribution is 5.98. The highest BCUT2D eigenvalue weighted by Crippen LogP contribution is 2.16. The lowest BCUT2D eigenvalue weighted by molar-refractivity contribution is -0.116. The summed E-state index contributed by atoms with van der Waals surface area (Å²) in [5, 5.41) is 20.4. The Hall–Kier alpha value is -2.37. The fraction of sp³-hybridized carbons (Fsp3) is 0.357. The Morgan fingerprint density at radius 3 is 1.95 bits per heavy atom. The number of amides is 1. The molecule has 6 nitrogen and oxygen atoms in total. The zero-order valence-corrected chi connectivity index (χ0v) is 11.3. The standard InChI is InChI=1S/C14H17NO5/c1-8(2)3-4-12(16)15-11-6-9(13(17)18)5-10(7-11)14(19)20/h5-8H,3-4H2,1-2H3,(H,15,16)(H,17,18)(H,19,20). The topological polar surface area (TPSA) is 104 Å². The van der Waals surface area contributed by atoms with Crippen LogP contribution >= 0.6 is 0 Å². The van der Waals surface area contributed by atoms with E-state index in [0.717, 1.165) is 6.07 Å². The molecule has 0 bridgehead atoms. The molecular weight excluding hydrogens is 262 g/mol. The van der Waals surface area contributed by atoms with Crippen LogP contribution in [-0.4, -0.2) is 28.1 Å². The lowest BCUT2D eigenvalue weighted by atomic mass is 10.1. The second-order valence-electron chi connectivity index (χ2n) is 4.89. The molecule has 3 N–H and O–H groups in total. The van der Waals surface area contributed by atoms with Crippen LogP contribution in [0.3, 0.4) is 0 Å². The molecule has 0 radical (unpaired) electrons. The first-order valence-corrected chi connectivity index (χ1v) is 6.21. The van der Waals surface area contributed by atoms with Gasteiger partial charge in [-0.2, -0.15) is 0 Å². The molecule has 1 amide bonds. The summed E-state index contributed by atoms with van der Waals surface area (Å²) in [6.45, 7) is 3.97. The SMILES string of the molecule is CC(C)CCC(=O)Nc1cc(C(=O)O)cc(C(=O)O)c1. The largest absolute Gasteiger partial charge is 0.478 e. The van der Waals surface area contributed by atoms with Gasteiger partial charge in [-0.25, -0.2) is 9.59 Å². The summed E-state index contributed by atoms with van der Waals surface area (Å²) in [5.41, 5.74) is -0.177. The van der Waals surface area contributed by atoms with Gasteiger partial charge in [0.05, 0.1) is 11.1 Å². The third-order valence-electron chi connectivity index (χ3n) is 2.66. The maximum atomic E-state index is 11.7. The van der Waals surface area contributed by atoms with Gasteiger partial charge < -0.3 is 15.5 Å². The predicted molar refractivity (Wildman–Crippen MR) is 73.1 cm³/mol. The van der Waals surface area contributed by atoms with Gasteiger partial charge in [-0.05, 0) is 30.5 Å². The van der Waals surface area contributed by atoms with Crippen molar-refractivity contribution in [2.24, 2.45) is 5.92 Å². The highest BCUT2D eigenvalue weighted by Gasteiger charge is 2.13. The van der Waals surface area contributed by atoms with Gasteiger partial charge in [-0.3, -0.25) is 4.79 Å². The zero-order valence-electron chi connectivity index (χ0n) is 11.3. The molecule has 1 aromatic carbocycles. The van der Waals surface area contributed by atoms with E-state index in [4.69, 9.17) is 10.2 Å². The summed E-state index contributed by atoms with van der Waals surface area (Å²) in [4.78, 5) is 33.5. The lowest BCUT2D eigenvalue weighted by Crippen LogP contribution is -2.13. The first kappa shape index (κ1) is 15.7. The minimum Gasteiger partial charge on any atom is -0.478 e. The van der Waals surface area contributed by atoms with Crippen LogP contribution in [0.1, 0.15) is 47.4 Å². The van der Waals surface area contributed by atoms with Crippen molar-refractivity contribution < 1.29 is 24.6 Å². The maximum absolute atomic E-state index is 11.7. The molecule has 0 unspecified atom stereocenters. The maximum Gasteiger partial charge on any atom is 0.335 e. The number of rotatable bonds is 6. The van der Waals surface area contributed by atoms with Crippen molar-refractivity contribution >= 4 is 23.5 Å². The third-order valence-corrected chi connectivity index (χ3v) is 2.66. The van der Waals surface area contributed by atoms with Gasteiger partial charge in [0, 0.05) is 12.1 Å². The van der Waals surface area contributed by atoms with E-state index in [1.807, 2.05) is 13.8 Å². The summed E-state index contributed by atoms with van der Waals surface area (Å²) < 4.78 is 0. The Morgan fingerprint density at radius 1 is 1.05 bits per heavy atom. The second kappa shape index (κ2) is 6.70. The molecule has 6 heteroatoms. The summed E-state index contributed by atoms with van der Waals surface area (Å²) in [5.74, 6) is -2.38. The normalized spacial score (nSPS) is 10.3. The van der Waals surface area contributed by atoms with E-state index in [0.29, 0.717) is 18.8 Å². The Kier molecular flexibility index (Phi) is 5.25. The fourth-order valence-corrected chi connectivity index (χ4v) is 1.59. The number of aromatic carboxylic acids is 2. The predicted octanol–water partition coefficient (Wildman–Crippen LogP) is 2.46. The number of carbonyl (C=O) groups is 3. The smallest absolute Gasteiger partial charge is 0.335 e. The van der Waals surface area contributed by atoms with Crippen molar-refractivity contribution in [1.82, 2.24) is 0 Å². The molecule has 0 aliphatic rings. The average molecular weight is 279 g/mol. The van der Waals surface area contributed by atoms with Crippen LogP contribution in [-0.2, 0) is 4.79 Å². The fourth-order valence-electron chi connectivity index (χ4n) is 1.59. The van der Waals surface area contributed by atoms with Crippen LogP contribution in [0, 0.1) is 5.92 Å². The lowest BCUT2D eigenvalue weighted by Gasteiger charge is -2.08. The molecule has 0 saturated carbocycles. The molecule has 0 aliphatic heterocycles. The van der Waals surface area contributed by atoms with Gasteiger partial charge in [0.15, 0.2) is 0 Å². The molecule has 0 atom stereocenters.